The second-order valence-corrected chi connectivity index (χ2v) is 5.06. The third-order valence-corrected chi connectivity index (χ3v) is 3.56. The van der Waals surface area contributed by atoms with Crippen LogP contribution >= 0.6 is 0 Å². The lowest BCUT2D eigenvalue weighted by Crippen LogP contribution is -2.45. The van der Waals surface area contributed by atoms with E-state index in [2.05, 4.69) is 17.4 Å². The fraction of sp³-hybridized carbons (Fsp3) is 0.533. The molecule has 1 aromatic rings. The van der Waals surface area contributed by atoms with Gasteiger partial charge in [0, 0.05) is 19.6 Å². The van der Waals surface area contributed by atoms with Crippen LogP contribution in [0.25, 0.3) is 0 Å². The van der Waals surface area contributed by atoms with E-state index in [1.807, 2.05) is 23.1 Å². The van der Waals surface area contributed by atoms with E-state index in [4.69, 9.17) is 5.73 Å². The Kier molecular flexibility index (Phi) is 5.36. The first kappa shape index (κ1) is 14.0. The molecule has 0 unspecified atom stereocenters. The molecule has 4 heteroatoms. The van der Waals surface area contributed by atoms with E-state index in [1.165, 1.54) is 5.56 Å². The number of carbonyl (C=O) groups excluding carboxylic acids is 1. The fourth-order valence-corrected chi connectivity index (χ4v) is 2.39. The number of hydrogen-bond donors (Lipinski definition) is 2. The van der Waals surface area contributed by atoms with Gasteiger partial charge in [-0.25, -0.2) is 0 Å². The topological polar surface area (TPSA) is 58.4 Å². The highest BCUT2D eigenvalue weighted by molar-refractivity contribution is 5.81. The summed E-state index contributed by atoms with van der Waals surface area (Å²) in [6.45, 7) is 3.46. The molecule has 0 saturated carbocycles. The Labute approximate surface area is 115 Å². The fourth-order valence-electron chi connectivity index (χ4n) is 2.39. The molecule has 1 aliphatic heterocycles. The van der Waals surface area contributed by atoms with E-state index in [1.54, 1.807) is 0 Å². The summed E-state index contributed by atoms with van der Waals surface area (Å²) in [5, 5.41) is 3.29. The molecule has 1 atom stereocenters. The first-order valence-corrected chi connectivity index (χ1v) is 7.06. The third kappa shape index (κ3) is 4.33. The van der Waals surface area contributed by atoms with Crippen molar-refractivity contribution in [3.63, 3.8) is 0 Å². The number of carbonyl (C=O) groups is 1. The largest absolute Gasteiger partial charge is 0.340 e. The highest BCUT2D eigenvalue weighted by atomic mass is 16.2. The molecule has 1 heterocycles. The van der Waals surface area contributed by atoms with Crippen LogP contribution in [0.2, 0.25) is 0 Å². The molecule has 1 aromatic carbocycles. The zero-order chi connectivity index (χ0) is 13.5. The highest BCUT2D eigenvalue weighted by Gasteiger charge is 2.21. The van der Waals surface area contributed by atoms with Crippen LogP contribution in [0, 0.1) is 0 Å². The van der Waals surface area contributed by atoms with Gasteiger partial charge in [0.25, 0.3) is 0 Å². The van der Waals surface area contributed by atoms with Crippen molar-refractivity contribution in [2.75, 3.05) is 26.2 Å². The van der Waals surface area contributed by atoms with Gasteiger partial charge in [-0.15, -0.1) is 0 Å². The number of nitrogens with one attached hydrogen (secondary N) is 1. The summed E-state index contributed by atoms with van der Waals surface area (Å²) in [4.78, 5) is 14.1. The first-order valence-electron chi connectivity index (χ1n) is 7.06. The third-order valence-electron chi connectivity index (χ3n) is 3.56. The van der Waals surface area contributed by atoms with E-state index in [0.717, 1.165) is 39.0 Å². The van der Waals surface area contributed by atoms with Crippen LogP contribution in [-0.4, -0.2) is 43.0 Å². The number of amides is 1. The molecule has 1 saturated heterocycles. The van der Waals surface area contributed by atoms with E-state index >= 15 is 0 Å². The van der Waals surface area contributed by atoms with E-state index in [-0.39, 0.29) is 11.9 Å². The average molecular weight is 261 g/mol. The Morgan fingerprint density at radius 3 is 2.84 bits per heavy atom. The van der Waals surface area contributed by atoms with Crippen molar-refractivity contribution in [1.82, 2.24) is 10.2 Å². The summed E-state index contributed by atoms with van der Waals surface area (Å²) < 4.78 is 0. The van der Waals surface area contributed by atoms with Crippen molar-refractivity contribution in [3.8, 4) is 0 Å². The number of aryl methyl sites for hydroxylation is 1. The number of nitrogens with two attached hydrogens (primary N) is 1. The van der Waals surface area contributed by atoms with Crippen molar-refractivity contribution in [1.29, 1.82) is 0 Å². The predicted molar refractivity (Wildman–Crippen MR) is 76.8 cm³/mol. The number of rotatable bonds is 4. The van der Waals surface area contributed by atoms with Gasteiger partial charge < -0.3 is 16.0 Å². The molecular weight excluding hydrogens is 238 g/mol. The summed E-state index contributed by atoms with van der Waals surface area (Å²) in [6.07, 6.45) is 2.59. The Balaban J connectivity index is 1.81. The maximum absolute atomic E-state index is 12.2. The molecule has 0 radical (unpaired) electrons. The molecule has 0 spiro atoms. The lowest BCUT2D eigenvalue weighted by molar-refractivity contribution is -0.132. The van der Waals surface area contributed by atoms with Crippen LogP contribution in [0.15, 0.2) is 30.3 Å². The molecule has 0 aromatic heterocycles. The maximum Gasteiger partial charge on any atom is 0.239 e. The van der Waals surface area contributed by atoms with Crippen molar-refractivity contribution < 1.29 is 4.79 Å². The lowest BCUT2D eigenvalue weighted by atomic mass is 10.0. The van der Waals surface area contributed by atoms with Gasteiger partial charge in [0.05, 0.1) is 6.04 Å². The molecule has 3 N–H and O–H groups in total. The van der Waals surface area contributed by atoms with Gasteiger partial charge in [-0.2, -0.15) is 0 Å². The van der Waals surface area contributed by atoms with Crippen LogP contribution in [-0.2, 0) is 11.2 Å². The smallest absolute Gasteiger partial charge is 0.239 e. The summed E-state index contributed by atoms with van der Waals surface area (Å²) >= 11 is 0. The second kappa shape index (κ2) is 7.26. The van der Waals surface area contributed by atoms with Crippen molar-refractivity contribution in [2.45, 2.75) is 25.3 Å². The zero-order valence-electron chi connectivity index (χ0n) is 11.3. The van der Waals surface area contributed by atoms with Crippen LogP contribution in [0.3, 0.4) is 0 Å². The van der Waals surface area contributed by atoms with Gasteiger partial charge in [-0.1, -0.05) is 30.3 Å². The average Bonchev–Trinajstić information content (AvgIpc) is 2.74. The molecule has 1 aliphatic rings. The van der Waals surface area contributed by atoms with Crippen LogP contribution in [0.5, 0.6) is 0 Å². The first-order chi connectivity index (χ1) is 9.27. The molecule has 0 aliphatic carbocycles. The lowest BCUT2D eigenvalue weighted by Gasteiger charge is -2.23. The minimum atomic E-state index is -0.377. The number of nitrogens with zero attached hydrogens (tertiary/aromatic N) is 1. The highest BCUT2D eigenvalue weighted by Crippen LogP contribution is 2.07. The standard InChI is InChI=1S/C15H23N3O/c16-14(8-7-13-5-2-1-3-6-13)15(19)18-11-4-9-17-10-12-18/h1-3,5-6,14,17H,4,7-12,16H2/t14-/m0/s1. The SMILES string of the molecule is N[C@@H](CCc1ccccc1)C(=O)N1CCCNCC1. The molecule has 2 rings (SSSR count). The van der Waals surface area contributed by atoms with Crippen LogP contribution < -0.4 is 11.1 Å². The predicted octanol–water partition coefficient (Wildman–Crippen LogP) is 0.768. The quantitative estimate of drug-likeness (QED) is 0.841. The van der Waals surface area contributed by atoms with Gasteiger partial charge in [0.15, 0.2) is 0 Å². The van der Waals surface area contributed by atoms with E-state index in [9.17, 15) is 4.79 Å². The maximum atomic E-state index is 12.2. The number of benzene rings is 1. The summed E-state index contributed by atoms with van der Waals surface area (Å²) in [5.41, 5.74) is 7.27. The second-order valence-electron chi connectivity index (χ2n) is 5.06. The van der Waals surface area contributed by atoms with Crippen LogP contribution in [0.1, 0.15) is 18.4 Å². The molecule has 1 amide bonds. The summed E-state index contributed by atoms with van der Waals surface area (Å²) in [7, 11) is 0. The molecular formula is C15H23N3O. The van der Waals surface area contributed by atoms with Gasteiger partial charge >= 0.3 is 0 Å². The molecule has 104 valence electrons. The normalized spacial score (nSPS) is 17.8. The Morgan fingerprint density at radius 1 is 1.26 bits per heavy atom. The van der Waals surface area contributed by atoms with Gasteiger partial charge in [-0.3, -0.25) is 4.79 Å². The monoisotopic (exact) mass is 261 g/mol. The Morgan fingerprint density at radius 2 is 2.05 bits per heavy atom. The summed E-state index contributed by atoms with van der Waals surface area (Å²) in [6, 6.07) is 9.81. The van der Waals surface area contributed by atoms with Crippen molar-refractivity contribution in [2.24, 2.45) is 5.73 Å². The zero-order valence-corrected chi connectivity index (χ0v) is 11.3. The molecule has 1 fully saturated rings. The number of hydrogen-bond acceptors (Lipinski definition) is 3. The minimum Gasteiger partial charge on any atom is -0.340 e. The molecule has 0 bridgehead atoms. The Bertz CT molecular complexity index is 386. The van der Waals surface area contributed by atoms with Gasteiger partial charge in [0.1, 0.15) is 0 Å². The van der Waals surface area contributed by atoms with E-state index < -0.39 is 0 Å². The molecule has 4 nitrogen and oxygen atoms in total. The minimum absolute atomic E-state index is 0.0969. The Hall–Kier alpha value is -1.39. The van der Waals surface area contributed by atoms with Gasteiger partial charge in [0.2, 0.25) is 5.91 Å². The summed E-state index contributed by atoms with van der Waals surface area (Å²) in [5.74, 6) is 0.0969. The van der Waals surface area contributed by atoms with E-state index in [0.29, 0.717) is 6.42 Å². The van der Waals surface area contributed by atoms with Crippen LogP contribution in [0.4, 0.5) is 0 Å². The molecule has 19 heavy (non-hydrogen) atoms. The van der Waals surface area contributed by atoms with Crippen molar-refractivity contribution >= 4 is 5.91 Å². The van der Waals surface area contributed by atoms with Crippen molar-refractivity contribution in [3.05, 3.63) is 35.9 Å². The van der Waals surface area contributed by atoms with Gasteiger partial charge in [-0.05, 0) is 31.4 Å².